The van der Waals surface area contributed by atoms with Gasteiger partial charge < -0.3 is 10.2 Å². The molecule has 1 aliphatic heterocycles. The Morgan fingerprint density at radius 2 is 2.35 bits per heavy atom. The van der Waals surface area contributed by atoms with Gasteiger partial charge in [-0.3, -0.25) is 4.98 Å². The van der Waals surface area contributed by atoms with E-state index in [0.29, 0.717) is 0 Å². The van der Waals surface area contributed by atoms with E-state index in [9.17, 15) is 0 Å². The lowest BCUT2D eigenvalue weighted by Gasteiger charge is -2.29. The van der Waals surface area contributed by atoms with Crippen LogP contribution in [0, 0.1) is 0 Å². The van der Waals surface area contributed by atoms with E-state index in [2.05, 4.69) is 41.2 Å². The Labute approximate surface area is 104 Å². The molecule has 2 heterocycles. The minimum Gasteiger partial charge on any atom is -0.366 e. The van der Waals surface area contributed by atoms with Crippen molar-refractivity contribution in [2.75, 3.05) is 24.5 Å². The number of hydrogen-bond donors (Lipinski definition) is 1. The number of nitrogens with zero attached hydrogens (tertiary/aromatic N) is 2. The summed E-state index contributed by atoms with van der Waals surface area (Å²) in [6, 6.07) is 2.11. The van der Waals surface area contributed by atoms with Gasteiger partial charge in [-0.1, -0.05) is 18.6 Å². The monoisotopic (exact) mass is 231 g/mol. The molecular weight excluding hydrogens is 210 g/mol. The second kappa shape index (κ2) is 5.82. The number of nitrogens with one attached hydrogen (secondary N) is 1. The van der Waals surface area contributed by atoms with Crippen LogP contribution in [0.4, 0.5) is 5.69 Å². The van der Waals surface area contributed by atoms with Crippen LogP contribution >= 0.6 is 0 Å². The average Bonchev–Trinajstić information content (AvgIpc) is 2.38. The number of pyridine rings is 1. The topological polar surface area (TPSA) is 28.2 Å². The summed E-state index contributed by atoms with van der Waals surface area (Å²) in [6.07, 6.45) is 7.34. The molecule has 0 radical (unpaired) electrons. The van der Waals surface area contributed by atoms with Crippen molar-refractivity contribution in [3.8, 4) is 0 Å². The van der Waals surface area contributed by atoms with E-state index in [1.165, 1.54) is 16.8 Å². The van der Waals surface area contributed by atoms with Crippen LogP contribution in [0.15, 0.2) is 30.1 Å². The molecular formula is C14H21N3. The first-order valence-corrected chi connectivity index (χ1v) is 6.35. The summed E-state index contributed by atoms with van der Waals surface area (Å²) in [7, 11) is 0. The Balaban J connectivity index is 2.14. The van der Waals surface area contributed by atoms with Gasteiger partial charge in [0, 0.05) is 25.8 Å². The predicted molar refractivity (Wildman–Crippen MR) is 72.2 cm³/mol. The van der Waals surface area contributed by atoms with Crippen molar-refractivity contribution < 1.29 is 0 Å². The maximum atomic E-state index is 4.26. The maximum Gasteiger partial charge on any atom is 0.0601 e. The first kappa shape index (κ1) is 12.1. The van der Waals surface area contributed by atoms with Crippen LogP contribution in [0.2, 0.25) is 0 Å². The van der Waals surface area contributed by atoms with Crippen LogP contribution in [-0.4, -0.2) is 24.6 Å². The number of aromatic nitrogens is 1. The van der Waals surface area contributed by atoms with Gasteiger partial charge in [0.05, 0.1) is 11.9 Å². The van der Waals surface area contributed by atoms with Gasteiger partial charge in [0.15, 0.2) is 0 Å². The minimum atomic E-state index is 0.924. The van der Waals surface area contributed by atoms with Crippen LogP contribution < -0.4 is 10.2 Å². The molecule has 1 aliphatic rings. The summed E-state index contributed by atoms with van der Waals surface area (Å²) >= 11 is 0. The fourth-order valence-corrected chi connectivity index (χ4v) is 2.10. The fraction of sp³-hybridized carbons (Fsp3) is 0.500. The summed E-state index contributed by atoms with van der Waals surface area (Å²) in [5, 5.41) is 3.38. The molecule has 0 spiro atoms. The summed E-state index contributed by atoms with van der Waals surface area (Å²) in [6.45, 7) is 8.38. The molecule has 1 N–H and O–H groups in total. The number of hydrogen-bond acceptors (Lipinski definition) is 3. The zero-order valence-electron chi connectivity index (χ0n) is 10.7. The third-order valence-electron chi connectivity index (χ3n) is 3.23. The highest BCUT2D eigenvalue weighted by Gasteiger charge is 2.13. The van der Waals surface area contributed by atoms with Crippen molar-refractivity contribution in [3.63, 3.8) is 0 Å². The average molecular weight is 231 g/mol. The van der Waals surface area contributed by atoms with Crippen LogP contribution in [0.25, 0.3) is 0 Å². The number of anilines is 1. The van der Waals surface area contributed by atoms with Crippen molar-refractivity contribution in [1.82, 2.24) is 10.3 Å². The lowest BCUT2D eigenvalue weighted by molar-refractivity contribution is 0.715. The van der Waals surface area contributed by atoms with E-state index in [1.807, 2.05) is 12.4 Å². The Morgan fingerprint density at radius 1 is 1.47 bits per heavy atom. The van der Waals surface area contributed by atoms with E-state index in [-0.39, 0.29) is 0 Å². The highest BCUT2D eigenvalue weighted by Crippen LogP contribution is 2.22. The van der Waals surface area contributed by atoms with E-state index in [4.69, 9.17) is 0 Å². The molecule has 0 aromatic carbocycles. The summed E-state index contributed by atoms with van der Waals surface area (Å²) in [5.41, 5.74) is 4.12. The van der Waals surface area contributed by atoms with Crippen LogP contribution in [0.1, 0.15) is 25.8 Å². The third-order valence-corrected chi connectivity index (χ3v) is 3.23. The SMILES string of the molecule is CCNCc1ccncc1N1CC=C(C)CC1. The largest absolute Gasteiger partial charge is 0.366 e. The second-order valence-electron chi connectivity index (χ2n) is 4.53. The van der Waals surface area contributed by atoms with Gasteiger partial charge in [-0.25, -0.2) is 0 Å². The van der Waals surface area contributed by atoms with Crippen molar-refractivity contribution >= 4 is 5.69 Å². The van der Waals surface area contributed by atoms with Gasteiger partial charge in [0.2, 0.25) is 0 Å². The quantitative estimate of drug-likeness (QED) is 0.806. The highest BCUT2D eigenvalue weighted by molar-refractivity contribution is 5.53. The van der Waals surface area contributed by atoms with Gasteiger partial charge in [0.1, 0.15) is 0 Å². The molecule has 1 aromatic heterocycles. The van der Waals surface area contributed by atoms with Crippen molar-refractivity contribution in [2.24, 2.45) is 0 Å². The van der Waals surface area contributed by atoms with E-state index >= 15 is 0 Å². The molecule has 0 saturated carbocycles. The molecule has 3 heteroatoms. The Bertz CT molecular complexity index is 398. The van der Waals surface area contributed by atoms with Gasteiger partial charge in [-0.15, -0.1) is 0 Å². The molecule has 92 valence electrons. The van der Waals surface area contributed by atoms with Crippen LogP contribution in [0.3, 0.4) is 0 Å². The zero-order valence-corrected chi connectivity index (χ0v) is 10.7. The predicted octanol–water partition coefficient (Wildman–Crippen LogP) is 2.35. The van der Waals surface area contributed by atoms with Crippen molar-refractivity contribution in [2.45, 2.75) is 26.8 Å². The molecule has 0 atom stereocenters. The second-order valence-corrected chi connectivity index (χ2v) is 4.53. The lowest BCUT2D eigenvalue weighted by Crippen LogP contribution is -2.29. The Kier molecular flexibility index (Phi) is 4.15. The molecule has 1 aromatic rings. The van der Waals surface area contributed by atoms with Gasteiger partial charge in [-0.05, 0) is 31.5 Å². The first-order chi connectivity index (χ1) is 8.31. The highest BCUT2D eigenvalue weighted by atomic mass is 15.1. The van der Waals surface area contributed by atoms with Crippen molar-refractivity contribution in [1.29, 1.82) is 0 Å². The van der Waals surface area contributed by atoms with Gasteiger partial charge >= 0.3 is 0 Å². The summed E-state index contributed by atoms with van der Waals surface area (Å²) in [5.74, 6) is 0. The molecule has 0 aliphatic carbocycles. The first-order valence-electron chi connectivity index (χ1n) is 6.35. The normalized spacial score (nSPS) is 15.9. The van der Waals surface area contributed by atoms with Gasteiger partial charge in [0.25, 0.3) is 0 Å². The molecule has 2 rings (SSSR count). The molecule has 0 saturated heterocycles. The maximum absolute atomic E-state index is 4.26. The molecule has 0 amide bonds. The van der Waals surface area contributed by atoms with Crippen molar-refractivity contribution in [3.05, 3.63) is 35.7 Å². The Morgan fingerprint density at radius 3 is 3.06 bits per heavy atom. The smallest absolute Gasteiger partial charge is 0.0601 e. The molecule has 0 bridgehead atoms. The van der Waals surface area contributed by atoms with E-state index < -0.39 is 0 Å². The van der Waals surface area contributed by atoms with E-state index in [1.54, 1.807) is 0 Å². The van der Waals surface area contributed by atoms with E-state index in [0.717, 1.165) is 32.6 Å². The number of rotatable bonds is 4. The van der Waals surface area contributed by atoms with Gasteiger partial charge in [-0.2, -0.15) is 0 Å². The fourth-order valence-electron chi connectivity index (χ4n) is 2.10. The summed E-state index contributed by atoms with van der Waals surface area (Å²) in [4.78, 5) is 6.67. The standard InChI is InChI=1S/C14H21N3/c1-3-15-10-13-4-7-16-11-14(13)17-8-5-12(2)6-9-17/h4-5,7,11,15H,3,6,8-10H2,1-2H3. The molecule has 17 heavy (non-hydrogen) atoms. The lowest BCUT2D eigenvalue weighted by atomic mass is 10.1. The Hall–Kier alpha value is -1.35. The van der Waals surface area contributed by atoms with Crippen LogP contribution in [-0.2, 0) is 6.54 Å². The molecule has 0 unspecified atom stereocenters. The van der Waals surface area contributed by atoms with Crippen LogP contribution in [0.5, 0.6) is 0 Å². The third kappa shape index (κ3) is 3.07. The molecule has 3 nitrogen and oxygen atoms in total. The zero-order chi connectivity index (χ0) is 12.1. The molecule has 0 fully saturated rings. The summed E-state index contributed by atoms with van der Waals surface area (Å²) < 4.78 is 0. The minimum absolute atomic E-state index is 0.924.